The maximum absolute atomic E-state index is 10.5. The summed E-state index contributed by atoms with van der Waals surface area (Å²) in [7, 11) is 0. The summed E-state index contributed by atoms with van der Waals surface area (Å²) in [4.78, 5) is 10.5. The third-order valence-electron chi connectivity index (χ3n) is 2.60. The minimum absolute atomic E-state index is 0.146. The molecule has 0 bridgehead atoms. The Kier molecular flexibility index (Phi) is 4.58. The fourth-order valence-electron chi connectivity index (χ4n) is 1.61. The molecule has 0 spiro atoms. The van der Waals surface area contributed by atoms with E-state index in [4.69, 9.17) is 9.84 Å². The van der Waals surface area contributed by atoms with Crippen LogP contribution in [0.4, 0.5) is 0 Å². The van der Waals surface area contributed by atoms with E-state index in [1.165, 1.54) is 0 Å². The molecule has 2 rings (SSSR count). The molecule has 0 heterocycles. The van der Waals surface area contributed by atoms with Crippen molar-refractivity contribution in [1.29, 1.82) is 0 Å². The zero-order valence-corrected chi connectivity index (χ0v) is 11.8. The maximum Gasteiger partial charge on any atom is 0.303 e. The van der Waals surface area contributed by atoms with Gasteiger partial charge in [0.2, 0.25) is 0 Å². The lowest BCUT2D eigenvalue weighted by molar-refractivity contribution is -0.136. The van der Waals surface area contributed by atoms with Crippen molar-refractivity contribution in [3.8, 4) is 11.5 Å². The van der Waals surface area contributed by atoms with Crippen molar-refractivity contribution in [3.63, 3.8) is 0 Å². The Morgan fingerprint density at radius 3 is 2.05 bits per heavy atom. The quantitative estimate of drug-likeness (QED) is 0.895. The fraction of sp³-hybridized carbons (Fsp3) is 0.133. The minimum atomic E-state index is -0.782. The second kappa shape index (κ2) is 6.38. The molecule has 0 aliphatic heterocycles. The number of halogens is 1. The van der Waals surface area contributed by atoms with Crippen LogP contribution in [-0.2, 0) is 11.2 Å². The highest BCUT2D eigenvalue weighted by atomic mass is 79.9. The molecule has 0 radical (unpaired) electrons. The molecule has 0 aliphatic carbocycles. The van der Waals surface area contributed by atoms with Gasteiger partial charge >= 0.3 is 5.97 Å². The topological polar surface area (TPSA) is 46.5 Å². The summed E-state index contributed by atoms with van der Waals surface area (Å²) in [5.41, 5.74) is 0.991. The Morgan fingerprint density at radius 1 is 1.00 bits per heavy atom. The Balaban J connectivity index is 1.98. The number of hydrogen-bond donors (Lipinski definition) is 1. The molecule has 2 aromatic rings. The van der Waals surface area contributed by atoms with Crippen LogP contribution in [0.5, 0.6) is 11.5 Å². The van der Waals surface area contributed by atoms with Crippen molar-refractivity contribution < 1.29 is 14.6 Å². The molecule has 19 heavy (non-hydrogen) atoms. The molecule has 0 fully saturated rings. The molecule has 0 atom stereocenters. The van der Waals surface area contributed by atoms with Crippen molar-refractivity contribution in [2.24, 2.45) is 0 Å². The second-order valence-corrected chi connectivity index (χ2v) is 5.01. The predicted molar refractivity (Wildman–Crippen MR) is 76.6 cm³/mol. The van der Waals surface area contributed by atoms with Crippen LogP contribution in [-0.4, -0.2) is 11.1 Å². The summed E-state index contributed by atoms with van der Waals surface area (Å²) in [6, 6.07) is 15.0. The predicted octanol–water partition coefficient (Wildman–Crippen LogP) is 4.26. The Labute approximate surface area is 120 Å². The molecule has 1 N–H and O–H groups in total. The average Bonchev–Trinajstić information content (AvgIpc) is 2.40. The van der Waals surface area contributed by atoms with Crippen LogP contribution in [0.15, 0.2) is 53.0 Å². The summed E-state index contributed by atoms with van der Waals surface area (Å²) in [5.74, 6) is 0.720. The number of aliphatic carboxylic acids is 1. The molecule has 0 aromatic heterocycles. The van der Waals surface area contributed by atoms with E-state index in [2.05, 4.69) is 15.9 Å². The normalized spacial score (nSPS) is 10.2. The lowest BCUT2D eigenvalue weighted by Gasteiger charge is -2.06. The van der Waals surface area contributed by atoms with Gasteiger partial charge in [0.15, 0.2) is 0 Å². The van der Waals surface area contributed by atoms with Crippen molar-refractivity contribution >= 4 is 21.9 Å². The van der Waals surface area contributed by atoms with Crippen LogP contribution in [0.3, 0.4) is 0 Å². The molecular formula is C15H13BrO3. The monoisotopic (exact) mass is 320 g/mol. The molecule has 0 saturated carbocycles. The van der Waals surface area contributed by atoms with E-state index < -0.39 is 5.97 Å². The van der Waals surface area contributed by atoms with E-state index >= 15 is 0 Å². The first kappa shape index (κ1) is 13.6. The van der Waals surface area contributed by atoms with Gasteiger partial charge in [0.25, 0.3) is 0 Å². The Bertz CT molecular complexity index is 547. The van der Waals surface area contributed by atoms with Gasteiger partial charge in [-0.15, -0.1) is 0 Å². The van der Waals surface area contributed by atoms with Crippen LogP contribution >= 0.6 is 15.9 Å². The zero-order valence-electron chi connectivity index (χ0n) is 10.2. The summed E-state index contributed by atoms with van der Waals surface area (Å²) in [5, 5.41) is 8.62. The molecule has 3 nitrogen and oxygen atoms in total. The molecule has 0 aliphatic rings. The largest absolute Gasteiger partial charge is 0.481 e. The molecular weight excluding hydrogens is 308 g/mol. The highest BCUT2D eigenvalue weighted by Gasteiger charge is 2.01. The highest BCUT2D eigenvalue weighted by molar-refractivity contribution is 9.10. The van der Waals surface area contributed by atoms with Gasteiger partial charge < -0.3 is 9.84 Å². The van der Waals surface area contributed by atoms with Crippen LogP contribution in [0.1, 0.15) is 12.0 Å². The van der Waals surface area contributed by atoms with Crippen LogP contribution in [0, 0.1) is 0 Å². The van der Waals surface area contributed by atoms with Gasteiger partial charge in [0, 0.05) is 10.9 Å². The number of aryl methyl sites for hydroxylation is 1. The van der Waals surface area contributed by atoms with Gasteiger partial charge in [0.05, 0.1) is 0 Å². The van der Waals surface area contributed by atoms with Gasteiger partial charge in [-0.2, -0.15) is 0 Å². The van der Waals surface area contributed by atoms with Crippen LogP contribution < -0.4 is 4.74 Å². The van der Waals surface area contributed by atoms with E-state index in [1.54, 1.807) is 0 Å². The molecule has 0 saturated heterocycles. The maximum atomic E-state index is 10.5. The second-order valence-electron chi connectivity index (χ2n) is 4.09. The summed E-state index contributed by atoms with van der Waals surface area (Å²) in [6.07, 6.45) is 0.681. The molecule has 4 heteroatoms. The number of benzene rings is 2. The van der Waals surface area contributed by atoms with Gasteiger partial charge in [-0.25, -0.2) is 0 Å². The van der Waals surface area contributed by atoms with E-state index in [0.717, 1.165) is 21.5 Å². The Morgan fingerprint density at radius 2 is 1.53 bits per heavy atom. The third kappa shape index (κ3) is 4.41. The number of carboxylic acid groups (broad SMARTS) is 1. The first-order valence-corrected chi connectivity index (χ1v) is 6.67. The molecule has 2 aromatic carbocycles. The standard InChI is InChI=1S/C15H13BrO3/c16-12-4-8-14(9-5-12)19-13-6-1-11(2-7-13)3-10-15(17)18/h1-2,4-9H,3,10H2,(H,17,18). The smallest absolute Gasteiger partial charge is 0.303 e. The van der Waals surface area contributed by atoms with Crippen LogP contribution in [0.25, 0.3) is 0 Å². The lowest BCUT2D eigenvalue weighted by atomic mass is 10.1. The lowest BCUT2D eigenvalue weighted by Crippen LogP contribution is -1.97. The average molecular weight is 321 g/mol. The van der Waals surface area contributed by atoms with Gasteiger partial charge in [-0.1, -0.05) is 28.1 Å². The van der Waals surface area contributed by atoms with E-state index in [1.807, 2.05) is 48.5 Å². The van der Waals surface area contributed by atoms with Crippen molar-refractivity contribution in [3.05, 3.63) is 58.6 Å². The molecule has 0 amide bonds. The first-order chi connectivity index (χ1) is 9.13. The molecule has 98 valence electrons. The van der Waals surface area contributed by atoms with E-state index in [0.29, 0.717) is 6.42 Å². The summed E-state index contributed by atoms with van der Waals surface area (Å²) < 4.78 is 6.68. The summed E-state index contributed by atoms with van der Waals surface area (Å²) >= 11 is 3.37. The highest BCUT2D eigenvalue weighted by Crippen LogP contribution is 2.23. The minimum Gasteiger partial charge on any atom is -0.481 e. The van der Waals surface area contributed by atoms with Crippen molar-refractivity contribution in [2.45, 2.75) is 12.8 Å². The summed E-state index contributed by atoms with van der Waals surface area (Å²) in [6.45, 7) is 0. The Hall–Kier alpha value is -1.81. The number of ether oxygens (including phenoxy) is 1. The molecule has 0 unspecified atom stereocenters. The van der Waals surface area contributed by atoms with E-state index in [-0.39, 0.29) is 6.42 Å². The number of carbonyl (C=O) groups is 1. The number of hydrogen-bond acceptors (Lipinski definition) is 2. The van der Waals surface area contributed by atoms with Gasteiger partial charge in [-0.3, -0.25) is 4.79 Å². The van der Waals surface area contributed by atoms with Crippen molar-refractivity contribution in [2.75, 3.05) is 0 Å². The SMILES string of the molecule is O=C(O)CCc1ccc(Oc2ccc(Br)cc2)cc1. The van der Waals surface area contributed by atoms with Crippen LogP contribution in [0.2, 0.25) is 0 Å². The first-order valence-electron chi connectivity index (χ1n) is 5.87. The fourth-order valence-corrected chi connectivity index (χ4v) is 1.88. The van der Waals surface area contributed by atoms with Gasteiger partial charge in [0.1, 0.15) is 11.5 Å². The number of carboxylic acids is 1. The third-order valence-corrected chi connectivity index (χ3v) is 3.13. The van der Waals surface area contributed by atoms with Crippen molar-refractivity contribution in [1.82, 2.24) is 0 Å². The zero-order chi connectivity index (χ0) is 13.7. The number of rotatable bonds is 5. The van der Waals surface area contributed by atoms with Gasteiger partial charge in [-0.05, 0) is 48.4 Å². The van der Waals surface area contributed by atoms with E-state index in [9.17, 15) is 4.79 Å².